The Morgan fingerprint density at radius 2 is 1.65 bits per heavy atom. The number of hydrogen-bond acceptors (Lipinski definition) is 5. The lowest BCUT2D eigenvalue weighted by atomic mass is 10.2. The lowest BCUT2D eigenvalue weighted by Crippen LogP contribution is -2.45. The summed E-state index contributed by atoms with van der Waals surface area (Å²) in [5.74, 6) is 0. The van der Waals surface area contributed by atoms with Gasteiger partial charge in [0.2, 0.25) is 0 Å². The van der Waals surface area contributed by atoms with Crippen molar-refractivity contribution in [1.29, 1.82) is 0 Å². The van der Waals surface area contributed by atoms with Crippen LogP contribution in [-0.4, -0.2) is 87.2 Å². The summed E-state index contributed by atoms with van der Waals surface area (Å²) in [6.07, 6.45) is 1.00. The van der Waals surface area contributed by atoms with E-state index < -0.39 is 0 Å². The summed E-state index contributed by atoms with van der Waals surface area (Å²) >= 11 is 0. The van der Waals surface area contributed by atoms with Crippen LogP contribution in [0.5, 0.6) is 0 Å². The van der Waals surface area contributed by atoms with E-state index in [0.717, 1.165) is 59.1 Å². The average Bonchev–Trinajstić information content (AvgIpc) is 2.38. The summed E-state index contributed by atoms with van der Waals surface area (Å²) in [4.78, 5) is 4.87. The van der Waals surface area contributed by atoms with E-state index in [2.05, 4.69) is 30.6 Å². The largest absolute Gasteiger partial charge is 0.376 e. The topological polar surface area (TPSA) is 34.2 Å². The van der Waals surface area contributed by atoms with E-state index in [9.17, 15) is 0 Å². The number of morpholine rings is 2. The average molecular weight is 286 g/mol. The van der Waals surface area contributed by atoms with Gasteiger partial charge in [-0.25, -0.2) is 0 Å². The van der Waals surface area contributed by atoms with E-state index in [0.29, 0.717) is 18.3 Å². The fourth-order valence-corrected chi connectivity index (χ4v) is 2.95. The Labute approximate surface area is 123 Å². The molecule has 0 radical (unpaired) electrons. The lowest BCUT2D eigenvalue weighted by Gasteiger charge is -2.33. The van der Waals surface area contributed by atoms with Crippen molar-refractivity contribution >= 4 is 0 Å². The van der Waals surface area contributed by atoms with Crippen LogP contribution in [0.1, 0.15) is 20.8 Å². The van der Waals surface area contributed by atoms with Gasteiger partial charge in [-0.1, -0.05) is 0 Å². The quantitative estimate of drug-likeness (QED) is 0.722. The van der Waals surface area contributed by atoms with Crippen molar-refractivity contribution in [3.05, 3.63) is 0 Å². The van der Waals surface area contributed by atoms with Gasteiger partial charge in [-0.15, -0.1) is 0 Å². The summed E-state index contributed by atoms with van der Waals surface area (Å²) < 4.78 is 17.1. The van der Waals surface area contributed by atoms with Crippen LogP contribution in [0.4, 0.5) is 0 Å². The molecule has 2 fully saturated rings. The molecule has 0 spiro atoms. The fourth-order valence-electron chi connectivity index (χ4n) is 2.95. The lowest BCUT2D eigenvalue weighted by molar-refractivity contribution is -0.0512. The molecule has 0 N–H and O–H groups in total. The van der Waals surface area contributed by atoms with Crippen LogP contribution >= 0.6 is 0 Å². The minimum absolute atomic E-state index is 0.291. The molecule has 3 atom stereocenters. The van der Waals surface area contributed by atoms with Gasteiger partial charge < -0.3 is 14.2 Å². The molecule has 0 aliphatic carbocycles. The highest BCUT2D eigenvalue weighted by Crippen LogP contribution is 2.07. The zero-order valence-corrected chi connectivity index (χ0v) is 13.2. The van der Waals surface area contributed by atoms with Crippen molar-refractivity contribution in [2.45, 2.75) is 39.1 Å². The predicted octanol–water partition coefficient (Wildman–Crippen LogP) is 0.833. The van der Waals surface area contributed by atoms with E-state index in [4.69, 9.17) is 14.2 Å². The number of rotatable bonds is 6. The number of ether oxygens (including phenoxy) is 3. The van der Waals surface area contributed by atoms with Crippen LogP contribution in [0.25, 0.3) is 0 Å². The van der Waals surface area contributed by atoms with E-state index in [-0.39, 0.29) is 0 Å². The smallest absolute Gasteiger partial charge is 0.0674 e. The van der Waals surface area contributed by atoms with Crippen LogP contribution in [0.15, 0.2) is 0 Å². The van der Waals surface area contributed by atoms with Gasteiger partial charge in [-0.05, 0) is 20.8 Å². The fraction of sp³-hybridized carbons (Fsp3) is 1.00. The van der Waals surface area contributed by atoms with E-state index in [1.807, 2.05) is 0 Å². The number of nitrogens with zero attached hydrogens (tertiary/aromatic N) is 2. The molecule has 2 aliphatic heterocycles. The molecular formula is C15H30N2O3. The van der Waals surface area contributed by atoms with Crippen molar-refractivity contribution in [3.8, 4) is 0 Å². The predicted molar refractivity (Wildman–Crippen MR) is 79.1 cm³/mol. The molecule has 0 amide bonds. The van der Waals surface area contributed by atoms with Gasteiger partial charge in [0.15, 0.2) is 0 Å². The molecule has 0 aromatic heterocycles. The Kier molecular flexibility index (Phi) is 6.71. The molecule has 5 nitrogen and oxygen atoms in total. The third kappa shape index (κ3) is 5.66. The van der Waals surface area contributed by atoms with E-state index in [1.54, 1.807) is 0 Å². The highest BCUT2D eigenvalue weighted by Gasteiger charge is 2.19. The molecule has 0 saturated carbocycles. The third-order valence-corrected chi connectivity index (χ3v) is 3.98. The molecule has 0 bridgehead atoms. The van der Waals surface area contributed by atoms with Gasteiger partial charge in [-0.3, -0.25) is 9.80 Å². The van der Waals surface area contributed by atoms with Crippen molar-refractivity contribution in [3.63, 3.8) is 0 Å². The van der Waals surface area contributed by atoms with Crippen molar-refractivity contribution in [1.82, 2.24) is 9.80 Å². The van der Waals surface area contributed by atoms with Crippen LogP contribution < -0.4 is 0 Å². The first-order chi connectivity index (χ1) is 9.63. The maximum absolute atomic E-state index is 5.95. The van der Waals surface area contributed by atoms with Crippen molar-refractivity contribution < 1.29 is 14.2 Å². The van der Waals surface area contributed by atoms with Gasteiger partial charge in [0, 0.05) is 39.3 Å². The molecule has 2 saturated heterocycles. The minimum atomic E-state index is 0.291. The molecule has 0 aromatic carbocycles. The summed E-state index contributed by atoms with van der Waals surface area (Å²) in [6.45, 7) is 15.1. The molecule has 2 heterocycles. The Bertz CT molecular complexity index is 278. The third-order valence-electron chi connectivity index (χ3n) is 3.98. The zero-order chi connectivity index (χ0) is 14.4. The zero-order valence-electron chi connectivity index (χ0n) is 13.2. The first kappa shape index (κ1) is 16.2. The van der Waals surface area contributed by atoms with Gasteiger partial charge in [0.25, 0.3) is 0 Å². The van der Waals surface area contributed by atoms with Crippen molar-refractivity contribution in [2.24, 2.45) is 0 Å². The highest BCUT2D eigenvalue weighted by molar-refractivity contribution is 4.71. The van der Waals surface area contributed by atoms with Crippen LogP contribution in [0, 0.1) is 0 Å². The Hall–Kier alpha value is -0.200. The first-order valence-electron chi connectivity index (χ1n) is 7.93. The summed E-state index contributed by atoms with van der Waals surface area (Å²) in [7, 11) is 0. The SMILES string of the molecule is CC1CN(CCOC(C)CN2CCOC(C)C2)CCO1. The van der Waals surface area contributed by atoms with E-state index >= 15 is 0 Å². The molecule has 2 rings (SSSR count). The van der Waals surface area contributed by atoms with Crippen LogP contribution in [-0.2, 0) is 14.2 Å². The number of hydrogen-bond donors (Lipinski definition) is 0. The van der Waals surface area contributed by atoms with Gasteiger partial charge in [-0.2, -0.15) is 0 Å². The van der Waals surface area contributed by atoms with Crippen LogP contribution in [0.2, 0.25) is 0 Å². The monoisotopic (exact) mass is 286 g/mol. The standard InChI is InChI=1S/C15H30N2O3/c1-13-10-16(4-7-18-13)5-8-19-14(2)11-17-6-9-20-15(3)12-17/h13-15H,4-12H2,1-3H3. The molecule has 0 aromatic rings. The maximum atomic E-state index is 5.95. The molecule has 118 valence electrons. The van der Waals surface area contributed by atoms with Crippen molar-refractivity contribution in [2.75, 3.05) is 59.1 Å². The Balaban J connectivity index is 1.56. The van der Waals surface area contributed by atoms with E-state index in [1.165, 1.54) is 0 Å². The molecule has 3 unspecified atom stereocenters. The summed E-state index contributed by atoms with van der Waals surface area (Å²) in [6, 6.07) is 0. The second-order valence-electron chi connectivity index (χ2n) is 6.10. The highest BCUT2D eigenvalue weighted by atomic mass is 16.5. The normalized spacial score (nSPS) is 31.4. The maximum Gasteiger partial charge on any atom is 0.0674 e. The summed E-state index contributed by atoms with van der Waals surface area (Å²) in [5, 5.41) is 0. The first-order valence-corrected chi connectivity index (χ1v) is 7.93. The summed E-state index contributed by atoms with van der Waals surface area (Å²) in [5.41, 5.74) is 0. The van der Waals surface area contributed by atoms with Gasteiger partial charge in [0.05, 0.1) is 38.1 Å². The van der Waals surface area contributed by atoms with Crippen LogP contribution in [0.3, 0.4) is 0 Å². The Morgan fingerprint density at radius 1 is 1.05 bits per heavy atom. The minimum Gasteiger partial charge on any atom is -0.376 e. The van der Waals surface area contributed by atoms with Gasteiger partial charge >= 0.3 is 0 Å². The molecule has 5 heteroatoms. The molecule has 20 heavy (non-hydrogen) atoms. The molecule has 2 aliphatic rings. The second-order valence-corrected chi connectivity index (χ2v) is 6.10. The Morgan fingerprint density at radius 3 is 2.30 bits per heavy atom. The molecular weight excluding hydrogens is 256 g/mol. The van der Waals surface area contributed by atoms with Gasteiger partial charge in [0.1, 0.15) is 0 Å². The second kappa shape index (κ2) is 8.29.